The van der Waals surface area contributed by atoms with Crippen LogP contribution in [0.3, 0.4) is 0 Å². The third-order valence-corrected chi connectivity index (χ3v) is 4.09. The van der Waals surface area contributed by atoms with Crippen molar-refractivity contribution in [3.8, 4) is 11.5 Å². The van der Waals surface area contributed by atoms with E-state index in [0.29, 0.717) is 29.7 Å². The van der Waals surface area contributed by atoms with Crippen LogP contribution in [0.1, 0.15) is 21.5 Å². The molecule has 6 nitrogen and oxygen atoms in total. The summed E-state index contributed by atoms with van der Waals surface area (Å²) in [4.78, 5) is 10.8. The minimum Gasteiger partial charge on any atom is -0.493 e. The van der Waals surface area contributed by atoms with Crippen LogP contribution in [0.15, 0.2) is 42.5 Å². The van der Waals surface area contributed by atoms with Crippen LogP contribution >= 0.6 is 12.2 Å². The van der Waals surface area contributed by atoms with Gasteiger partial charge in [-0.15, -0.1) is 0 Å². The van der Waals surface area contributed by atoms with Crippen LogP contribution in [-0.2, 0) is 13.0 Å². The van der Waals surface area contributed by atoms with Crippen LogP contribution in [0.2, 0.25) is 0 Å². The molecular formula is C19H22N2O4S. The number of hydrogen-bond acceptors (Lipinski definition) is 4. The van der Waals surface area contributed by atoms with Gasteiger partial charge in [0.05, 0.1) is 19.8 Å². The smallest absolute Gasteiger partial charge is 0.335 e. The van der Waals surface area contributed by atoms with Crippen molar-refractivity contribution in [3.05, 3.63) is 59.2 Å². The minimum atomic E-state index is -0.933. The van der Waals surface area contributed by atoms with Crippen molar-refractivity contribution < 1.29 is 19.4 Å². The molecule has 26 heavy (non-hydrogen) atoms. The molecule has 2 aromatic rings. The quantitative estimate of drug-likeness (QED) is 0.613. The SMILES string of the molecule is COc1ccc(CCNC(=S)NCc2ccc(C(=O)O)cc2)cc1OC. The van der Waals surface area contributed by atoms with Crippen molar-refractivity contribution in [2.45, 2.75) is 13.0 Å². The summed E-state index contributed by atoms with van der Waals surface area (Å²) in [6.07, 6.45) is 0.787. The fourth-order valence-electron chi connectivity index (χ4n) is 2.37. The maximum atomic E-state index is 10.8. The molecular weight excluding hydrogens is 352 g/mol. The summed E-state index contributed by atoms with van der Waals surface area (Å²) in [5, 5.41) is 15.7. The molecule has 0 aromatic heterocycles. The van der Waals surface area contributed by atoms with Crippen LogP contribution < -0.4 is 20.1 Å². The average Bonchev–Trinajstić information content (AvgIpc) is 2.66. The Morgan fingerprint density at radius 1 is 1.00 bits per heavy atom. The van der Waals surface area contributed by atoms with E-state index in [1.54, 1.807) is 38.5 Å². The summed E-state index contributed by atoms with van der Waals surface area (Å²) in [5.74, 6) is 0.475. The first-order valence-electron chi connectivity index (χ1n) is 8.08. The van der Waals surface area contributed by atoms with Gasteiger partial charge in [0, 0.05) is 13.1 Å². The molecule has 0 spiro atoms. The first kappa shape index (κ1) is 19.5. The van der Waals surface area contributed by atoms with E-state index in [2.05, 4.69) is 10.6 Å². The molecule has 0 heterocycles. The van der Waals surface area contributed by atoms with Crippen LogP contribution in [-0.4, -0.2) is 37.0 Å². The molecule has 3 N–H and O–H groups in total. The molecule has 0 radical (unpaired) electrons. The molecule has 138 valence electrons. The van der Waals surface area contributed by atoms with Crippen molar-refractivity contribution in [3.63, 3.8) is 0 Å². The predicted octanol–water partition coefficient (Wildman–Crippen LogP) is 2.61. The van der Waals surface area contributed by atoms with E-state index in [1.807, 2.05) is 18.2 Å². The molecule has 0 bridgehead atoms. The standard InChI is InChI=1S/C19H22N2O4S/c1-24-16-8-5-13(11-17(16)25-2)9-10-20-19(26)21-12-14-3-6-15(7-4-14)18(22)23/h3-8,11H,9-10,12H2,1-2H3,(H,22,23)(H2,20,21,26). The third-order valence-electron chi connectivity index (χ3n) is 3.80. The lowest BCUT2D eigenvalue weighted by Crippen LogP contribution is -2.35. The highest BCUT2D eigenvalue weighted by atomic mass is 32.1. The van der Waals surface area contributed by atoms with E-state index in [0.717, 1.165) is 17.5 Å². The Morgan fingerprint density at radius 2 is 1.65 bits per heavy atom. The van der Waals surface area contributed by atoms with Gasteiger partial charge < -0.3 is 25.2 Å². The number of methoxy groups -OCH3 is 2. The van der Waals surface area contributed by atoms with Gasteiger partial charge >= 0.3 is 5.97 Å². The lowest BCUT2D eigenvalue weighted by molar-refractivity contribution is 0.0697. The number of benzene rings is 2. The highest BCUT2D eigenvalue weighted by molar-refractivity contribution is 7.80. The summed E-state index contributed by atoms with van der Waals surface area (Å²) in [7, 11) is 3.22. The number of aromatic carboxylic acids is 1. The van der Waals surface area contributed by atoms with Crippen LogP contribution in [0, 0.1) is 0 Å². The van der Waals surface area contributed by atoms with E-state index < -0.39 is 5.97 Å². The number of carbonyl (C=O) groups is 1. The van der Waals surface area contributed by atoms with E-state index in [-0.39, 0.29) is 5.56 Å². The Balaban J connectivity index is 1.76. The summed E-state index contributed by atoms with van der Waals surface area (Å²) in [6.45, 7) is 1.21. The molecule has 0 unspecified atom stereocenters. The number of rotatable bonds is 8. The number of nitrogens with one attached hydrogen (secondary N) is 2. The second kappa shape index (κ2) is 9.62. The molecule has 0 saturated heterocycles. The summed E-state index contributed by atoms with van der Waals surface area (Å²) >= 11 is 5.26. The molecule has 2 aromatic carbocycles. The highest BCUT2D eigenvalue weighted by Crippen LogP contribution is 2.27. The zero-order chi connectivity index (χ0) is 18.9. The third kappa shape index (κ3) is 5.63. The van der Waals surface area contributed by atoms with Gasteiger partial charge in [-0.1, -0.05) is 18.2 Å². The van der Waals surface area contributed by atoms with Gasteiger partial charge in [-0.3, -0.25) is 0 Å². The molecule has 0 aliphatic carbocycles. The van der Waals surface area contributed by atoms with Gasteiger partial charge in [0.1, 0.15) is 0 Å². The van der Waals surface area contributed by atoms with Crippen molar-refractivity contribution >= 4 is 23.3 Å². The Morgan fingerprint density at radius 3 is 2.27 bits per heavy atom. The fourth-order valence-corrected chi connectivity index (χ4v) is 2.54. The number of carboxylic acids is 1. The lowest BCUT2D eigenvalue weighted by atomic mass is 10.1. The van der Waals surface area contributed by atoms with Gasteiger partial charge in [0.25, 0.3) is 0 Å². The van der Waals surface area contributed by atoms with Gasteiger partial charge in [0.2, 0.25) is 0 Å². The Kier molecular flexibility index (Phi) is 7.23. The zero-order valence-corrected chi connectivity index (χ0v) is 15.6. The van der Waals surface area contributed by atoms with Gasteiger partial charge in [0.15, 0.2) is 16.6 Å². The van der Waals surface area contributed by atoms with Crippen molar-refractivity contribution in [1.82, 2.24) is 10.6 Å². The maximum Gasteiger partial charge on any atom is 0.335 e. The van der Waals surface area contributed by atoms with E-state index in [9.17, 15) is 4.79 Å². The van der Waals surface area contributed by atoms with Crippen LogP contribution in [0.4, 0.5) is 0 Å². The lowest BCUT2D eigenvalue weighted by Gasteiger charge is -2.12. The summed E-state index contributed by atoms with van der Waals surface area (Å²) in [5.41, 5.74) is 2.34. The Labute approximate surface area is 158 Å². The van der Waals surface area contributed by atoms with Crippen LogP contribution in [0.5, 0.6) is 11.5 Å². The normalized spacial score (nSPS) is 10.1. The van der Waals surface area contributed by atoms with E-state index in [1.165, 1.54) is 0 Å². The molecule has 0 saturated carbocycles. The number of ether oxygens (including phenoxy) is 2. The largest absolute Gasteiger partial charge is 0.493 e. The van der Waals surface area contributed by atoms with E-state index >= 15 is 0 Å². The van der Waals surface area contributed by atoms with Crippen molar-refractivity contribution in [2.75, 3.05) is 20.8 Å². The predicted molar refractivity (Wildman–Crippen MR) is 104 cm³/mol. The van der Waals surface area contributed by atoms with Gasteiger partial charge in [-0.05, 0) is 54.0 Å². The number of hydrogen-bond donors (Lipinski definition) is 3. The molecule has 0 amide bonds. The van der Waals surface area contributed by atoms with Crippen LogP contribution in [0.25, 0.3) is 0 Å². The second-order valence-electron chi connectivity index (χ2n) is 5.55. The first-order chi connectivity index (χ1) is 12.5. The minimum absolute atomic E-state index is 0.268. The van der Waals surface area contributed by atoms with E-state index in [4.69, 9.17) is 26.8 Å². The molecule has 7 heteroatoms. The molecule has 0 aliphatic heterocycles. The van der Waals surface area contributed by atoms with Gasteiger partial charge in [-0.25, -0.2) is 4.79 Å². The van der Waals surface area contributed by atoms with Crippen molar-refractivity contribution in [2.24, 2.45) is 0 Å². The Bertz CT molecular complexity index is 763. The molecule has 0 aliphatic rings. The summed E-state index contributed by atoms with van der Waals surface area (Å²) < 4.78 is 10.5. The second-order valence-corrected chi connectivity index (χ2v) is 5.96. The average molecular weight is 374 g/mol. The Hall–Kier alpha value is -2.80. The molecule has 0 atom stereocenters. The number of carboxylic acid groups (broad SMARTS) is 1. The zero-order valence-electron chi connectivity index (χ0n) is 14.7. The van der Waals surface area contributed by atoms with Gasteiger partial charge in [-0.2, -0.15) is 0 Å². The number of thiocarbonyl (C=S) groups is 1. The first-order valence-corrected chi connectivity index (χ1v) is 8.49. The fraction of sp³-hybridized carbons (Fsp3) is 0.263. The monoisotopic (exact) mass is 374 g/mol. The van der Waals surface area contributed by atoms with Crippen molar-refractivity contribution in [1.29, 1.82) is 0 Å². The molecule has 0 fully saturated rings. The summed E-state index contributed by atoms with van der Waals surface area (Å²) in [6, 6.07) is 12.5. The molecule has 2 rings (SSSR count). The topological polar surface area (TPSA) is 79.8 Å². The maximum absolute atomic E-state index is 10.8. The highest BCUT2D eigenvalue weighted by Gasteiger charge is 2.05.